The van der Waals surface area contributed by atoms with Gasteiger partial charge in [-0.2, -0.15) is 5.26 Å². The molecule has 20 heavy (non-hydrogen) atoms. The van der Waals surface area contributed by atoms with Crippen LogP contribution >= 0.6 is 0 Å². The number of hydrogen-bond acceptors (Lipinski definition) is 2. The van der Waals surface area contributed by atoms with Crippen molar-refractivity contribution in [2.75, 3.05) is 0 Å². The number of hydrogen-bond donors (Lipinski definition) is 1. The first-order valence-corrected chi connectivity index (χ1v) is 6.44. The number of allylic oxidation sites excluding steroid dienone is 1. The lowest BCUT2D eigenvalue weighted by molar-refractivity contribution is 0.0994. The Hall–Kier alpha value is -2.86. The van der Waals surface area contributed by atoms with Gasteiger partial charge in [-0.1, -0.05) is 24.3 Å². The van der Waals surface area contributed by atoms with E-state index in [0.29, 0.717) is 11.1 Å². The maximum absolute atomic E-state index is 12.3. The lowest BCUT2D eigenvalue weighted by atomic mass is 9.94. The predicted molar refractivity (Wildman–Crippen MR) is 78.3 cm³/mol. The molecule has 0 unspecified atom stereocenters. The zero-order valence-corrected chi connectivity index (χ0v) is 10.6. The van der Waals surface area contributed by atoms with E-state index in [-0.39, 0.29) is 12.2 Å². The lowest BCUT2D eigenvalue weighted by Crippen LogP contribution is -2.06. The summed E-state index contributed by atoms with van der Waals surface area (Å²) in [6.07, 6.45) is 1.98. The van der Waals surface area contributed by atoms with Gasteiger partial charge in [0.2, 0.25) is 0 Å². The molecule has 0 fully saturated rings. The van der Waals surface area contributed by atoms with E-state index >= 15 is 0 Å². The number of carbonyl (C=O) groups is 1. The molecule has 1 N–H and O–H groups in total. The Morgan fingerprint density at radius 3 is 2.65 bits per heavy atom. The molecule has 0 saturated heterocycles. The Morgan fingerprint density at radius 1 is 1.15 bits per heavy atom. The van der Waals surface area contributed by atoms with Crippen molar-refractivity contribution in [2.24, 2.45) is 0 Å². The van der Waals surface area contributed by atoms with Crippen LogP contribution in [0.1, 0.15) is 22.5 Å². The highest BCUT2D eigenvalue weighted by Crippen LogP contribution is 2.32. The summed E-state index contributed by atoms with van der Waals surface area (Å²) < 4.78 is 0. The van der Waals surface area contributed by atoms with E-state index in [1.165, 1.54) is 0 Å². The van der Waals surface area contributed by atoms with E-state index in [4.69, 9.17) is 5.26 Å². The third-order valence-corrected chi connectivity index (χ3v) is 3.79. The van der Waals surface area contributed by atoms with Crippen molar-refractivity contribution in [3.8, 4) is 6.07 Å². The molecule has 0 amide bonds. The normalized spacial score (nSPS) is 14.2. The fraction of sp³-hybridized carbons (Fsp3) is 0.0588. The average molecular weight is 258 g/mol. The van der Waals surface area contributed by atoms with Crippen LogP contribution in [0.5, 0.6) is 0 Å². The Bertz CT molecular complexity index is 954. The monoisotopic (exact) mass is 258 g/mol. The standard InChI is InChI=1S/C17H10N2O/c18-9-10-5-15-17(16(20)6-10)13-7-11-3-1-2-4-12(11)8-14(13)19-15/h1-5,7-8,19H,6H2. The Morgan fingerprint density at radius 2 is 1.90 bits per heavy atom. The van der Waals surface area contributed by atoms with Gasteiger partial charge >= 0.3 is 0 Å². The molecule has 3 nitrogen and oxygen atoms in total. The van der Waals surface area contributed by atoms with E-state index in [9.17, 15) is 4.79 Å². The molecule has 1 heterocycles. The SMILES string of the molecule is N#CC1=Cc2[nH]c3cc4ccccc4cc3c2C(=O)C1. The summed E-state index contributed by atoms with van der Waals surface area (Å²) in [6, 6.07) is 14.2. The molecule has 94 valence electrons. The van der Waals surface area contributed by atoms with Gasteiger partial charge in [-0.3, -0.25) is 4.79 Å². The van der Waals surface area contributed by atoms with Crippen molar-refractivity contribution in [3.05, 3.63) is 53.2 Å². The molecule has 1 aliphatic rings. The highest BCUT2D eigenvalue weighted by atomic mass is 16.1. The molecule has 3 heteroatoms. The molecule has 0 bridgehead atoms. The van der Waals surface area contributed by atoms with E-state index in [2.05, 4.69) is 17.1 Å². The van der Waals surface area contributed by atoms with Crippen LogP contribution in [-0.2, 0) is 0 Å². The Kier molecular flexibility index (Phi) is 2.10. The minimum absolute atomic E-state index is 0.0144. The van der Waals surface area contributed by atoms with Gasteiger partial charge < -0.3 is 4.98 Å². The summed E-state index contributed by atoms with van der Waals surface area (Å²) in [7, 11) is 0. The van der Waals surface area contributed by atoms with Crippen molar-refractivity contribution in [1.82, 2.24) is 4.98 Å². The second-order valence-electron chi connectivity index (χ2n) is 5.04. The molecule has 0 atom stereocenters. The van der Waals surface area contributed by atoms with E-state index in [0.717, 1.165) is 27.4 Å². The predicted octanol–water partition coefficient (Wildman–Crippen LogP) is 3.81. The van der Waals surface area contributed by atoms with Crippen LogP contribution in [0.2, 0.25) is 0 Å². The van der Waals surface area contributed by atoms with E-state index in [1.54, 1.807) is 6.08 Å². The molecular weight excluding hydrogens is 248 g/mol. The minimum atomic E-state index is 0.0144. The number of benzene rings is 2. The zero-order valence-electron chi connectivity index (χ0n) is 10.6. The summed E-state index contributed by atoms with van der Waals surface area (Å²) in [4.78, 5) is 15.5. The summed E-state index contributed by atoms with van der Waals surface area (Å²) in [5.41, 5.74) is 2.92. The van der Waals surface area contributed by atoms with Gasteiger partial charge in [0.15, 0.2) is 5.78 Å². The number of ketones is 1. The largest absolute Gasteiger partial charge is 0.354 e. The Balaban J connectivity index is 2.12. The van der Waals surface area contributed by atoms with Crippen LogP contribution in [0.15, 0.2) is 42.0 Å². The van der Waals surface area contributed by atoms with Gasteiger partial charge in [0, 0.05) is 22.9 Å². The third-order valence-electron chi connectivity index (χ3n) is 3.79. The summed E-state index contributed by atoms with van der Waals surface area (Å²) in [5.74, 6) is 0.0144. The quantitative estimate of drug-likeness (QED) is 0.666. The number of fused-ring (bicyclic) bond motifs is 4. The minimum Gasteiger partial charge on any atom is -0.354 e. The molecule has 2 aromatic carbocycles. The van der Waals surface area contributed by atoms with Crippen LogP contribution in [0.4, 0.5) is 0 Å². The lowest BCUT2D eigenvalue weighted by Gasteiger charge is -2.07. The number of nitrogens with one attached hydrogen (secondary N) is 1. The van der Waals surface area contributed by atoms with Crippen LogP contribution in [0.3, 0.4) is 0 Å². The summed E-state index contributed by atoms with van der Waals surface area (Å²) in [5, 5.41) is 12.2. The average Bonchev–Trinajstić information content (AvgIpc) is 2.82. The number of aromatic nitrogens is 1. The number of carbonyl (C=O) groups excluding carboxylic acids is 1. The smallest absolute Gasteiger partial charge is 0.170 e. The number of rotatable bonds is 0. The number of H-pyrrole nitrogens is 1. The fourth-order valence-electron chi connectivity index (χ4n) is 2.87. The van der Waals surface area contributed by atoms with Crippen LogP contribution in [0, 0.1) is 11.3 Å². The maximum Gasteiger partial charge on any atom is 0.170 e. The first-order valence-electron chi connectivity index (χ1n) is 6.44. The molecule has 1 aliphatic carbocycles. The molecular formula is C17H10N2O. The first-order chi connectivity index (χ1) is 9.76. The second-order valence-corrected chi connectivity index (χ2v) is 5.04. The third kappa shape index (κ3) is 1.42. The van der Waals surface area contributed by atoms with Crippen molar-refractivity contribution >= 4 is 33.5 Å². The first kappa shape index (κ1) is 11.0. The van der Waals surface area contributed by atoms with Gasteiger partial charge in [0.25, 0.3) is 0 Å². The molecule has 4 rings (SSSR count). The molecule has 3 aromatic rings. The van der Waals surface area contributed by atoms with Crippen molar-refractivity contribution < 1.29 is 4.79 Å². The molecule has 0 radical (unpaired) electrons. The van der Waals surface area contributed by atoms with Crippen LogP contribution in [0.25, 0.3) is 27.8 Å². The van der Waals surface area contributed by atoms with E-state index in [1.807, 2.05) is 30.3 Å². The summed E-state index contributed by atoms with van der Waals surface area (Å²) in [6.45, 7) is 0. The second kappa shape index (κ2) is 3.82. The van der Waals surface area contributed by atoms with Gasteiger partial charge in [-0.25, -0.2) is 0 Å². The zero-order chi connectivity index (χ0) is 13.7. The van der Waals surface area contributed by atoms with Gasteiger partial charge in [0.1, 0.15) is 0 Å². The highest BCUT2D eigenvalue weighted by molar-refractivity contribution is 6.16. The molecule has 0 saturated carbocycles. The van der Waals surface area contributed by atoms with Crippen molar-refractivity contribution in [3.63, 3.8) is 0 Å². The molecule has 1 aromatic heterocycles. The van der Waals surface area contributed by atoms with Crippen LogP contribution < -0.4 is 0 Å². The Labute approximate surface area is 115 Å². The van der Waals surface area contributed by atoms with Gasteiger partial charge in [0.05, 0.1) is 17.3 Å². The highest BCUT2D eigenvalue weighted by Gasteiger charge is 2.23. The fourth-order valence-corrected chi connectivity index (χ4v) is 2.87. The number of nitriles is 1. The van der Waals surface area contributed by atoms with Gasteiger partial charge in [-0.05, 0) is 29.0 Å². The van der Waals surface area contributed by atoms with E-state index < -0.39 is 0 Å². The van der Waals surface area contributed by atoms with Crippen molar-refractivity contribution in [1.29, 1.82) is 5.26 Å². The molecule has 0 aliphatic heterocycles. The number of aromatic amines is 1. The number of Topliss-reactive ketones (excluding diaryl/α,β-unsaturated/α-hetero) is 1. The van der Waals surface area contributed by atoms with Gasteiger partial charge in [-0.15, -0.1) is 0 Å². The number of nitrogens with zero attached hydrogens (tertiary/aromatic N) is 1. The van der Waals surface area contributed by atoms with Crippen molar-refractivity contribution in [2.45, 2.75) is 6.42 Å². The molecule has 0 spiro atoms. The maximum atomic E-state index is 12.3. The topological polar surface area (TPSA) is 56.6 Å². The summed E-state index contributed by atoms with van der Waals surface area (Å²) >= 11 is 0. The van der Waals surface area contributed by atoms with Crippen LogP contribution in [-0.4, -0.2) is 10.8 Å².